The summed E-state index contributed by atoms with van der Waals surface area (Å²) < 4.78 is 25.8. The summed E-state index contributed by atoms with van der Waals surface area (Å²) in [5.74, 6) is 1.03. The second-order valence-electron chi connectivity index (χ2n) is 6.85. The first-order chi connectivity index (χ1) is 14.5. The average Bonchev–Trinajstić information content (AvgIpc) is 3.23. The molecule has 9 heteroatoms. The quantitative estimate of drug-likeness (QED) is 0.747. The van der Waals surface area contributed by atoms with E-state index in [1.807, 2.05) is 6.07 Å². The lowest BCUT2D eigenvalue weighted by Crippen LogP contribution is -2.48. The molecule has 1 aromatic carbocycles. The zero-order chi connectivity index (χ0) is 21.3. The molecule has 3 N–H and O–H groups in total. The number of nitrogens with one attached hydrogen (secondary N) is 1. The molecule has 0 aliphatic carbocycles. The third kappa shape index (κ3) is 3.21. The normalized spacial score (nSPS) is 24.6. The number of benzene rings is 1. The average molecular weight is 405 g/mol. The van der Waals surface area contributed by atoms with Crippen LogP contribution in [0.4, 0.5) is 10.1 Å². The Balaban J connectivity index is 1.69. The number of amides is 1. The molecule has 4 rings (SSSR count). The SMILES string of the molecule is C#CC1(c2cc(NC(=O)c3ccc(C#N)cn3)ccc2F)N=C(N)O[C@@H]2COC[C@@H]21. The third-order valence-electron chi connectivity index (χ3n) is 5.10. The smallest absolute Gasteiger partial charge is 0.284 e. The number of halogens is 1. The summed E-state index contributed by atoms with van der Waals surface area (Å²) >= 11 is 0. The van der Waals surface area contributed by atoms with Gasteiger partial charge in [0.1, 0.15) is 23.7 Å². The number of hydrogen-bond donors (Lipinski definition) is 2. The maximum Gasteiger partial charge on any atom is 0.284 e. The van der Waals surface area contributed by atoms with Crippen LogP contribution in [0.2, 0.25) is 0 Å². The number of carbonyl (C=O) groups is 1. The summed E-state index contributed by atoms with van der Waals surface area (Å²) in [6.45, 7) is 0.504. The fourth-order valence-electron chi connectivity index (χ4n) is 3.64. The van der Waals surface area contributed by atoms with E-state index in [0.29, 0.717) is 11.3 Å². The van der Waals surface area contributed by atoms with Crippen molar-refractivity contribution >= 4 is 17.6 Å². The largest absolute Gasteiger partial charge is 0.459 e. The maximum atomic E-state index is 14.9. The Bertz CT molecular complexity index is 1120. The molecule has 8 nitrogen and oxygen atoms in total. The highest BCUT2D eigenvalue weighted by Crippen LogP contribution is 2.43. The number of nitrogens with zero attached hydrogens (tertiary/aromatic N) is 3. The van der Waals surface area contributed by atoms with Crippen LogP contribution in [-0.2, 0) is 15.0 Å². The number of aliphatic imine (C=N–C) groups is 1. The first kappa shape index (κ1) is 19.4. The maximum absolute atomic E-state index is 14.9. The van der Waals surface area contributed by atoms with Crippen LogP contribution in [0.5, 0.6) is 0 Å². The number of nitrogens with two attached hydrogens (primary N) is 1. The van der Waals surface area contributed by atoms with Gasteiger partial charge in [-0.05, 0) is 30.3 Å². The molecule has 2 aliphatic heterocycles. The number of hydrogen-bond acceptors (Lipinski definition) is 7. The first-order valence-electron chi connectivity index (χ1n) is 9.02. The fourth-order valence-corrected chi connectivity index (χ4v) is 3.64. The lowest BCUT2D eigenvalue weighted by molar-refractivity contribution is 0.0940. The van der Waals surface area contributed by atoms with Gasteiger partial charge in [0.25, 0.3) is 11.9 Å². The van der Waals surface area contributed by atoms with Crippen LogP contribution in [0.15, 0.2) is 41.5 Å². The molecule has 0 bridgehead atoms. The molecule has 30 heavy (non-hydrogen) atoms. The Morgan fingerprint density at radius 2 is 2.20 bits per heavy atom. The number of rotatable bonds is 3. The summed E-state index contributed by atoms with van der Waals surface area (Å²) in [5.41, 5.74) is 5.19. The van der Waals surface area contributed by atoms with E-state index in [0.717, 1.165) is 0 Å². The van der Waals surface area contributed by atoms with E-state index in [2.05, 4.69) is 21.2 Å². The number of ether oxygens (including phenoxy) is 2. The van der Waals surface area contributed by atoms with Gasteiger partial charge in [0.15, 0.2) is 5.54 Å². The van der Waals surface area contributed by atoms with E-state index in [-0.39, 0.29) is 30.5 Å². The number of amidine groups is 1. The minimum atomic E-state index is -1.43. The number of aromatic nitrogens is 1. The molecule has 0 radical (unpaired) electrons. The Kier molecular flexibility index (Phi) is 4.82. The Morgan fingerprint density at radius 1 is 1.37 bits per heavy atom. The lowest BCUT2D eigenvalue weighted by Gasteiger charge is -2.37. The highest BCUT2D eigenvalue weighted by Gasteiger charge is 2.52. The second kappa shape index (κ2) is 7.47. The molecular formula is C21H16FN5O3. The molecule has 3 heterocycles. The third-order valence-corrected chi connectivity index (χ3v) is 5.10. The molecule has 1 amide bonds. The summed E-state index contributed by atoms with van der Waals surface area (Å²) in [5, 5.41) is 11.5. The summed E-state index contributed by atoms with van der Waals surface area (Å²) in [7, 11) is 0. The zero-order valence-electron chi connectivity index (χ0n) is 15.6. The van der Waals surface area contributed by atoms with Crippen LogP contribution in [0.1, 0.15) is 21.6 Å². The number of nitriles is 1. The van der Waals surface area contributed by atoms with E-state index in [4.69, 9.17) is 26.9 Å². The summed E-state index contributed by atoms with van der Waals surface area (Å²) in [4.78, 5) is 20.7. The molecule has 0 saturated carbocycles. The van der Waals surface area contributed by atoms with Gasteiger partial charge in [-0.2, -0.15) is 5.26 Å². The Hall–Kier alpha value is -3.95. The van der Waals surface area contributed by atoms with Crippen molar-refractivity contribution in [2.75, 3.05) is 18.5 Å². The van der Waals surface area contributed by atoms with E-state index >= 15 is 0 Å². The van der Waals surface area contributed by atoms with Crippen LogP contribution in [0, 0.1) is 35.4 Å². The summed E-state index contributed by atoms with van der Waals surface area (Å²) in [6, 6.07) is 8.71. The number of anilines is 1. The van der Waals surface area contributed by atoms with Crippen molar-refractivity contribution in [1.82, 2.24) is 4.98 Å². The Labute approximate surface area is 171 Å². The van der Waals surface area contributed by atoms with Crippen molar-refractivity contribution in [3.8, 4) is 18.4 Å². The number of fused-ring (bicyclic) bond motifs is 1. The second-order valence-corrected chi connectivity index (χ2v) is 6.85. The van der Waals surface area contributed by atoms with Crippen molar-refractivity contribution in [1.29, 1.82) is 5.26 Å². The Morgan fingerprint density at radius 3 is 2.90 bits per heavy atom. The van der Waals surface area contributed by atoms with E-state index in [1.165, 1.54) is 36.5 Å². The molecule has 150 valence electrons. The van der Waals surface area contributed by atoms with Crippen molar-refractivity contribution in [3.05, 3.63) is 59.2 Å². The molecule has 0 spiro atoms. The van der Waals surface area contributed by atoms with E-state index in [9.17, 15) is 9.18 Å². The zero-order valence-corrected chi connectivity index (χ0v) is 15.6. The molecule has 1 fully saturated rings. The van der Waals surface area contributed by atoms with Crippen molar-refractivity contribution < 1.29 is 18.7 Å². The molecule has 1 unspecified atom stereocenters. The lowest BCUT2D eigenvalue weighted by atomic mass is 9.76. The monoisotopic (exact) mass is 405 g/mol. The minimum absolute atomic E-state index is 0.0855. The van der Waals surface area contributed by atoms with Crippen molar-refractivity contribution in [2.24, 2.45) is 16.6 Å². The number of carbonyl (C=O) groups excluding carboxylic acids is 1. The van der Waals surface area contributed by atoms with Crippen molar-refractivity contribution in [3.63, 3.8) is 0 Å². The summed E-state index contributed by atoms with van der Waals surface area (Å²) in [6.07, 6.45) is 6.66. The van der Waals surface area contributed by atoms with Gasteiger partial charge < -0.3 is 20.5 Å². The van der Waals surface area contributed by atoms with Gasteiger partial charge in [-0.3, -0.25) is 4.79 Å². The van der Waals surface area contributed by atoms with Gasteiger partial charge in [0.05, 0.1) is 24.7 Å². The minimum Gasteiger partial charge on any atom is -0.459 e. The highest BCUT2D eigenvalue weighted by atomic mass is 19.1. The number of pyridine rings is 1. The van der Waals surface area contributed by atoms with E-state index in [1.54, 1.807) is 0 Å². The van der Waals surface area contributed by atoms with Gasteiger partial charge in [-0.1, -0.05) is 5.92 Å². The predicted molar refractivity (Wildman–Crippen MR) is 105 cm³/mol. The van der Waals surface area contributed by atoms with Gasteiger partial charge in [0.2, 0.25) is 0 Å². The van der Waals surface area contributed by atoms with Crippen molar-refractivity contribution in [2.45, 2.75) is 11.6 Å². The van der Waals surface area contributed by atoms with E-state index < -0.39 is 29.3 Å². The molecule has 1 aromatic heterocycles. The molecule has 1 saturated heterocycles. The fraction of sp³-hybridized carbons (Fsp3) is 0.238. The van der Waals surface area contributed by atoms with Crippen LogP contribution in [0.3, 0.4) is 0 Å². The molecule has 2 aromatic rings. The van der Waals surface area contributed by atoms with Gasteiger partial charge in [-0.15, -0.1) is 6.42 Å². The first-order valence-corrected chi connectivity index (χ1v) is 9.02. The van der Waals surface area contributed by atoms with Gasteiger partial charge in [0, 0.05) is 17.4 Å². The molecule has 2 aliphatic rings. The van der Waals surface area contributed by atoms with Crippen LogP contribution < -0.4 is 11.1 Å². The topological polar surface area (TPSA) is 123 Å². The molecular weight excluding hydrogens is 389 g/mol. The predicted octanol–water partition coefficient (Wildman–Crippen LogP) is 1.53. The van der Waals surface area contributed by atoms with Crippen LogP contribution in [0.25, 0.3) is 0 Å². The standard InChI is InChI=1S/C21H16FN5O3/c1-2-21(15-10-29-11-18(15)30-20(24)27-21)14-7-13(4-5-16(14)22)26-19(28)17-6-3-12(8-23)9-25-17/h1,3-7,9,15,18H,10-11H2,(H2,24,27)(H,26,28)/t15-,18+,21?/m0/s1. The number of terminal acetylenes is 1. The highest BCUT2D eigenvalue weighted by molar-refractivity contribution is 6.02. The van der Waals surface area contributed by atoms with Gasteiger partial charge in [-0.25, -0.2) is 14.4 Å². The molecule has 3 atom stereocenters. The van der Waals surface area contributed by atoms with Crippen LogP contribution in [-0.4, -0.2) is 36.2 Å². The van der Waals surface area contributed by atoms with Crippen LogP contribution >= 0.6 is 0 Å². The van der Waals surface area contributed by atoms with Gasteiger partial charge >= 0.3 is 0 Å².